The zero-order valence-electron chi connectivity index (χ0n) is 24.2. The molecule has 7 heteroatoms. The van der Waals surface area contributed by atoms with Gasteiger partial charge in [-0.1, -0.05) is 67.5 Å². The Morgan fingerprint density at radius 1 is 0.975 bits per heavy atom. The van der Waals surface area contributed by atoms with Gasteiger partial charge in [-0.3, -0.25) is 0 Å². The molecule has 1 aliphatic carbocycles. The average molecular weight is 545 g/mol. The molecule has 1 saturated heterocycles. The Labute approximate surface area is 238 Å². The Balaban J connectivity index is 1.31. The maximum absolute atomic E-state index is 12.7. The summed E-state index contributed by atoms with van der Waals surface area (Å²) in [6, 6.07) is 19.3. The van der Waals surface area contributed by atoms with Crippen LogP contribution in [-0.2, 0) is 22.7 Å². The molecule has 1 N–H and O–H groups in total. The topological polar surface area (TPSA) is 68.1 Å². The summed E-state index contributed by atoms with van der Waals surface area (Å²) in [6.45, 7) is 7.57. The zero-order chi connectivity index (χ0) is 27.9. The van der Waals surface area contributed by atoms with Crippen LogP contribution in [0.4, 0.5) is 4.79 Å². The van der Waals surface area contributed by atoms with Gasteiger partial charge in [0.05, 0.1) is 12.8 Å². The predicted octanol–water partition coefficient (Wildman–Crippen LogP) is 6.90. The number of ether oxygens (including phenoxy) is 1. The fraction of sp³-hybridized carbons (Fsp3) is 0.515. The minimum absolute atomic E-state index is 0.241. The maximum atomic E-state index is 12.7. The van der Waals surface area contributed by atoms with E-state index < -0.39 is 6.09 Å². The molecule has 7 nitrogen and oxygen atoms in total. The highest BCUT2D eigenvalue weighted by atomic mass is 16.6. The van der Waals surface area contributed by atoms with Gasteiger partial charge in [-0.15, -0.1) is 0 Å². The highest BCUT2D eigenvalue weighted by molar-refractivity contribution is 6.01. The first-order valence-electron chi connectivity index (χ1n) is 14.9. The number of hydrogen-bond donors (Lipinski definition) is 1. The van der Waals surface area contributed by atoms with Crippen molar-refractivity contribution >= 4 is 23.2 Å². The van der Waals surface area contributed by atoms with E-state index in [0.717, 1.165) is 66.0 Å². The molecule has 40 heavy (non-hydrogen) atoms. The molecule has 0 atom stereocenters. The Morgan fingerprint density at radius 3 is 2.38 bits per heavy atom. The second-order valence-corrected chi connectivity index (χ2v) is 11.7. The highest BCUT2D eigenvalue weighted by Crippen LogP contribution is 2.37. The van der Waals surface area contributed by atoms with Crippen LogP contribution in [0.25, 0.3) is 10.9 Å². The largest absolute Gasteiger partial charge is 0.445 e. The van der Waals surface area contributed by atoms with Gasteiger partial charge in [0, 0.05) is 47.3 Å². The lowest BCUT2D eigenvalue weighted by Crippen LogP contribution is -2.44. The van der Waals surface area contributed by atoms with Crippen molar-refractivity contribution in [2.45, 2.75) is 77.6 Å². The van der Waals surface area contributed by atoms with E-state index in [-0.39, 0.29) is 6.61 Å². The molecule has 1 amide bonds. The monoisotopic (exact) mass is 544 g/mol. The molecular formula is C33H44N4O3. The SMILES string of the molecule is CON=Cc1c(CNC(=O)OCc2ccccc2)n(C2CCN(C3CCC(C(C)C)CC3)CC2)c2ccccc12. The van der Waals surface area contributed by atoms with Crippen LogP contribution in [0.2, 0.25) is 0 Å². The number of fused-ring (bicyclic) bond motifs is 1. The van der Waals surface area contributed by atoms with E-state index in [0.29, 0.717) is 12.6 Å². The second kappa shape index (κ2) is 13.4. The van der Waals surface area contributed by atoms with Crippen molar-refractivity contribution in [2.24, 2.45) is 17.0 Å². The van der Waals surface area contributed by atoms with Crippen molar-refractivity contribution in [3.8, 4) is 0 Å². The molecule has 1 saturated carbocycles. The van der Waals surface area contributed by atoms with Crippen LogP contribution in [0, 0.1) is 11.8 Å². The van der Waals surface area contributed by atoms with Crippen LogP contribution < -0.4 is 5.32 Å². The Bertz CT molecular complexity index is 1270. The first kappa shape index (κ1) is 28.2. The van der Waals surface area contributed by atoms with Crippen LogP contribution in [-0.4, -0.2) is 48.0 Å². The fourth-order valence-electron chi connectivity index (χ4n) is 6.76. The number of alkyl carbamates (subject to hydrolysis) is 1. The molecule has 2 heterocycles. The number of nitrogens with zero attached hydrogens (tertiary/aromatic N) is 3. The second-order valence-electron chi connectivity index (χ2n) is 11.7. The maximum Gasteiger partial charge on any atom is 0.407 e. The Morgan fingerprint density at radius 2 is 1.68 bits per heavy atom. The van der Waals surface area contributed by atoms with E-state index in [1.807, 2.05) is 30.3 Å². The Hall–Kier alpha value is -3.32. The van der Waals surface area contributed by atoms with Crippen molar-refractivity contribution in [1.29, 1.82) is 0 Å². The van der Waals surface area contributed by atoms with Crippen molar-refractivity contribution in [2.75, 3.05) is 20.2 Å². The van der Waals surface area contributed by atoms with Crippen molar-refractivity contribution in [3.05, 3.63) is 71.4 Å². The van der Waals surface area contributed by atoms with E-state index in [4.69, 9.17) is 9.57 Å². The fourth-order valence-corrected chi connectivity index (χ4v) is 6.76. The van der Waals surface area contributed by atoms with Gasteiger partial charge in [0.2, 0.25) is 0 Å². The van der Waals surface area contributed by atoms with Crippen LogP contribution >= 0.6 is 0 Å². The van der Waals surface area contributed by atoms with Gasteiger partial charge >= 0.3 is 6.09 Å². The van der Waals surface area contributed by atoms with Crippen LogP contribution in [0.5, 0.6) is 0 Å². The summed E-state index contributed by atoms with van der Waals surface area (Å²) in [4.78, 5) is 20.5. The summed E-state index contributed by atoms with van der Waals surface area (Å²) >= 11 is 0. The summed E-state index contributed by atoms with van der Waals surface area (Å²) in [5.41, 5.74) is 4.15. The number of carbonyl (C=O) groups is 1. The molecular weight excluding hydrogens is 500 g/mol. The molecule has 1 aromatic heterocycles. The standard InChI is InChI=1S/C33H44N4O3/c1-24(2)26-13-15-27(16-14-26)36-19-17-28(18-20-36)37-31-12-8-7-11-29(31)30(21-35-39-3)32(37)22-34-33(38)40-23-25-9-5-4-6-10-25/h4-12,21,24,26-28H,13-20,22-23H2,1-3H3,(H,34,38). The lowest BCUT2D eigenvalue weighted by Gasteiger charge is -2.42. The lowest BCUT2D eigenvalue weighted by molar-refractivity contribution is 0.0888. The molecule has 0 radical (unpaired) electrons. The van der Waals surface area contributed by atoms with Gasteiger partial charge < -0.3 is 24.4 Å². The van der Waals surface area contributed by atoms with E-state index in [2.05, 4.69) is 58.1 Å². The van der Waals surface area contributed by atoms with Crippen molar-refractivity contribution < 1.29 is 14.4 Å². The molecule has 2 fully saturated rings. The number of hydrogen-bond acceptors (Lipinski definition) is 5. The molecule has 3 aromatic rings. The molecule has 5 rings (SSSR count). The van der Waals surface area contributed by atoms with Crippen molar-refractivity contribution in [3.63, 3.8) is 0 Å². The number of rotatable bonds is 9. The number of para-hydroxylation sites is 1. The van der Waals surface area contributed by atoms with Crippen LogP contribution in [0.3, 0.4) is 0 Å². The minimum atomic E-state index is -0.429. The summed E-state index contributed by atoms with van der Waals surface area (Å²) < 4.78 is 7.95. The molecule has 1 aliphatic heterocycles. The quantitative estimate of drug-likeness (QED) is 0.235. The normalized spacial score (nSPS) is 20.8. The van der Waals surface area contributed by atoms with Gasteiger partial charge in [0.15, 0.2) is 0 Å². The lowest BCUT2D eigenvalue weighted by atomic mass is 9.79. The van der Waals surface area contributed by atoms with Crippen molar-refractivity contribution in [1.82, 2.24) is 14.8 Å². The van der Waals surface area contributed by atoms with Gasteiger partial charge in [0.1, 0.15) is 13.7 Å². The molecule has 0 bridgehead atoms. The summed E-state index contributed by atoms with van der Waals surface area (Å²) in [7, 11) is 1.55. The number of nitrogens with one attached hydrogen (secondary N) is 1. The van der Waals surface area contributed by atoms with Gasteiger partial charge in [-0.2, -0.15) is 0 Å². The Kier molecular flexibility index (Phi) is 9.42. The average Bonchev–Trinajstić information content (AvgIpc) is 3.31. The number of carbonyl (C=O) groups excluding carboxylic acids is 1. The third-order valence-electron chi connectivity index (χ3n) is 9.02. The smallest absolute Gasteiger partial charge is 0.407 e. The predicted molar refractivity (Wildman–Crippen MR) is 160 cm³/mol. The first-order chi connectivity index (χ1) is 19.5. The van der Waals surface area contributed by atoms with E-state index >= 15 is 0 Å². The molecule has 214 valence electrons. The van der Waals surface area contributed by atoms with E-state index in [1.54, 1.807) is 13.3 Å². The number of oxime groups is 1. The van der Waals surface area contributed by atoms with E-state index in [9.17, 15) is 4.79 Å². The number of aromatic nitrogens is 1. The first-order valence-corrected chi connectivity index (χ1v) is 14.9. The summed E-state index contributed by atoms with van der Waals surface area (Å²) in [6.07, 6.45) is 8.92. The number of benzene rings is 2. The van der Waals surface area contributed by atoms with Gasteiger partial charge in [-0.05, 0) is 62.0 Å². The molecule has 0 spiro atoms. The van der Waals surface area contributed by atoms with Crippen LogP contribution in [0.1, 0.15) is 75.2 Å². The highest BCUT2D eigenvalue weighted by Gasteiger charge is 2.32. The summed E-state index contributed by atoms with van der Waals surface area (Å²) in [5.74, 6) is 1.69. The van der Waals surface area contributed by atoms with E-state index in [1.165, 1.54) is 31.2 Å². The number of piperidine rings is 1. The molecule has 2 aromatic carbocycles. The molecule has 2 aliphatic rings. The van der Waals surface area contributed by atoms with Gasteiger partial charge in [-0.25, -0.2) is 4.79 Å². The summed E-state index contributed by atoms with van der Waals surface area (Å²) in [5, 5.41) is 8.24. The zero-order valence-corrected chi connectivity index (χ0v) is 24.2. The third-order valence-corrected chi connectivity index (χ3v) is 9.02. The molecule has 0 unspecified atom stereocenters. The minimum Gasteiger partial charge on any atom is -0.445 e. The number of likely N-dealkylation sites (tertiary alicyclic amines) is 1. The third kappa shape index (κ3) is 6.52. The van der Waals surface area contributed by atoms with Crippen LogP contribution in [0.15, 0.2) is 59.8 Å². The van der Waals surface area contributed by atoms with Gasteiger partial charge in [0.25, 0.3) is 0 Å². The number of amides is 1.